The van der Waals surface area contributed by atoms with E-state index in [4.69, 9.17) is 20.5 Å². The molecule has 0 aliphatic carbocycles. The van der Waals surface area contributed by atoms with E-state index in [9.17, 15) is 14.2 Å². The minimum Gasteiger partial charge on any atom is -0.383 e. The first kappa shape index (κ1) is 22.4. The number of carbonyl (C=O) groups excluding carboxylic acids is 2. The Hall–Kier alpha value is -4.76. The summed E-state index contributed by atoms with van der Waals surface area (Å²) in [5, 5.41) is 0. The van der Waals surface area contributed by atoms with E-state index >= 15 is 0 Å². The van der Waals surface area contributed by atoms with Gasteiger partial charge in [-0.05, 0) is 48.5 Å². The summed E-state index contributed by atoms with van der Waals surface area (Å²) in [4.78, 5) is 38.4. The zero-order valence-electron chi connectivity index (χ0n) is 17.4. The van der Waals surface area contributed by atoms with Crippen LogP contribution in [0.3, 0.4) is 0 Å². The second-order valence-electron chi connectivity index (χ2n) is 6.73. The van der Waals surface area contributed by atoms with Gasteiger partial charge in [0.15, 0.2) is 24.1 Å². The molecule has 2 heterocycles. The summed E-state index contributed by atoms with van der Waals surface area (Å²) in [6.45, 7) is 0. The number of benzene rings is 2. The van der Waals surface area contributed by atoms with Crippen LogP contribution in [-0.4, -0.2) is 32.5 Å². The van der Waals surface area contributed by atoms with E-state index in [1.54, 1.807) is 48.5 Å². The molecule has 12 heteroatoms. The van der Waals surface area contributed by atoms with Crippen LogP contribution >= 0.6 is 8.25 Å². The molecule has 34 heavy (non-hydrogen) atoms. The Morgan fingerprint density at radius 1 is 0.647 bits per heavy atom. The molecular formula is C22H16N6O5P+. The smallest absolute Gasteiger partial charge is 0.383 e. The van der Waals surface area contributed by atoms with E-state index in [-0.39, 0.29) is 34.3 Å². The predicted molar refractivity (Wildman–Crippen MR) is 123 cm³/mol. The molecule has 0 aliphatic rings. The van der Waals surface area contributed by atoms with Crippen molar-refractivity contribution in [1.82, 2.24) is 19.9 Å². The summed E-state index contributed by atoms with van der Waals surface area (Å²) >= 11 is 0. The van der Waals surface area contributed by atoms with Gasteiger partial charge in [0.05, 0.1) is 22.5 Å². The van der Waals surface area contributed by atoms with Crippen molar-refractivity contribution >= 4 is 32.5 Å². The molecule has 168 valence electrons. The number of anilines is 2. The number of nitrogen functional groups attached to an aromatic ring is 2. The Morgan fingerprint density at radius 3 is 1.38 bits per heavy atom. The molecule has 4 N–H and O–H groups in total. The third-order valence-corrected chi connectivity index (χ3v) is 5.40. The summed E-state index contributed by atoms with van der Waals surface area (Å²) in [5.74, 6) is 0.716. The molecule has 0 unspecified atom stereocenters. The number of hydrogen-bond acceptors (Lipinski definition) is 11. The van der Waals surface area contributed by atoms with E-state index in [0.29, 0.717) is 35.1 Å². The Kier molecular flexibility index (Phi) is 6.47. The van der Waals surface area contributed by atoms with Gasteiger partial charge in [-0.25, -0.2) is 29.0 Å². The zero-order valence-corrected chi connectivity index (χ0v) is 18.3. The van der Waals surface area contributed by atoms with Crippen molar-refractivity contribution in [1.29, 1.82) is 0 Å². The molecule has 0 aliphatic heterocycles. The van der Waals surface area contributed by atoms with Gasteiger partial charge in [0.1, 0.15) is 24.3 Å². The largest absolute Gasteiger partial charge is 0.805 e. The maximum atomic E-state index is 12.3. The maximum Gasteiger partial charge on any atom is 0.805 e. The van der Waals surface area contributed by atoms with E-state index in [0.717, 1.165) is 0 Å². The highest BCUT2D eigenvalue weighted by molar-refractivity contribution is 7.34. The molecule has 0 saturated heterocycles. The molecule has 0 spiro atoms. The van der Waals surface area contributed by atoms with Crippen LogP contribution in [0.25, 0.3) is 22.5 Å². The molecule has 0 radical (unpaired) electrons. The number of hydrogen-bond donors (Lipinski definition) is 2. The monoisotopic (exact) mass is 475 g/mol. The summed E-state index contributed by atoms with van der Waals surface area (Å²) in [6, 6.07) is 12.8. The van der Waals surface area contributed by atoms with Crippen LogP contribution < -0.4 is 20.5 Å². The summed E-state index contributed by atoms with van der Waals surface area (Å²) in [5.41, 5.74) is 13.7. The summed E-state index contributed by atoms with van der Waals surface area (Å²) < 4.78 is 23.0. The molecule has 11 nitrogen and oxygen atoms in total. The molecule has 2 aromatic carbocycles. The molecule has 4 rings (SSSR count). The Morgan fingerprint density at radius 2 is 1.03 bits per heavy atom. The van der Waals surface area contributed by atoms with Crippen LogP contribution in [0.5, 0.6) is 11.5 Å². The topological polar surface area (TPSA) is 173 Å². The van der Waals surface area contributed by atoms with Gasteiger partial charge >= 0.3 is 8.25 Å². The van der Waals surface area contributed by atoms with Crippen molar-refractivity contribution in [3.05, 3.63) is 72.3 Å². The molecular weight excluding hydrogens is 459 g/mol. The maximum absolute atomic E-state index is 12.3. The Bertz CT molecular complexity index is 1270. The highest BCUT2D eigenvalue weighted by Crippen LogP contribution is 2.33. The highest BCUT2D eigenvalue weighted by Gasteiger charge is 2.24. The standard InChI is InChI=1S/C22H15N6O5P/c23-21-17(9-29)19(25-11-27-21)13-1-5-15(6-2-13)32-34(31)33-16-7-3-14(4-8-16)20-18(10-30)22(24)28-12-26-20/h1-12H,(H3-,23,24,25,26,27,28,29,30)/p+1. The Balaban J connectivity index is 1.43. The van der Waals surface area contributed by atoms with E-state index in [1.165, 1.54) is 12.7 Å². The molecule has 0 atom stereocenters. The minimum atomic E-state index is -2.54. The fourth-order valence-electron chi connectivity index (χ4n) is 3.05. The number of carbonyl (C=O) groups is 2. The molecule has 0 fully saturated rings. The quantitative estimate of drug-likeness (QED) is 0.282. The summed E-state index contributed by atoms with van der Waals surface area (Å²) in [7, 11) is -2.54. The average Bonchev–Trinajstić information content (AvgIpc) is 2.84. The van der Waals surface area contributed by atoms with Gasteiger partial charge in [0.2, 0.25) is 0 Å². The fourth-order valence-corrected chi connectivity index (χ4v) is 3.67. The molecule has 2 aromatic heterocycles. The van der Waals surface area contributed by atoms with Gasteiger partial charge in [-0.3, -0.25) is 9.59 Å². The third kappa shape index (κ3) is 4.69. The van der Waals surface area contributed by atoms with Gasteiger partial charge in [-0.2, -0.15) is 0 Å². The van der Waals surface area contributed by atoms with Crippen LogP contribution in [0.2, 0.25) is 0 Å². The summed E-state index contributed by atoms with van der Waals surface area (Å²) in [6.07, 6.45) is 3.70. The second kappa shape index (κ2) is 9.80. The lowest BCUT2D eigenvalue weighted by Crippen LogP contribution is -2.01. The van der Waals surface area contributed by atoms with Crippen LogP contribution in [0, 0.1) is 0 Å². The fraction of sp³-hybridized carbons (Fsp3) is 0. The van der Waals surface area contributed by atoms with Crippen LogP contribution in [-0.2, 0) is 4.57 Å². The van der Waals surface area contributed by atoms with Crippen LogP contribution in [0.1, 0.15) is 20.7 Å². The average molecular weight is 475 g/mol. The number of aromatic nitrogens is 4. The minimum absolute atomic E-state index is 0.0772. The van der Waals surface area contributed by atoms with E-state index in [1.807, 2.05) is 0 Å². The molecule has 0 bridgehead atoms. The van der Waals surface area contributed by atoms with E-state index in [2.05, 4.69) is 19.9 Å². The molecule has 4 aromatic rings. The predicted octanol–water partition coefficient (Wildman–Crippen LogP) is 3.51. The third-order valence-electron chi connectivity index (χ3n) is 4.68. The van der Waals surface area contributed by atoms with Crippen molar-refractivity contribution in [2.75, 3.05) is 11.5 Å². The van der Waals surface area contributed by atoms with Crippen molar-refractivity contribution in [3.8, 4) is 34.0 Å². The second-order valence-corrected chi connectivity index (χ2v) is 7.55. The number of aldehydes is 2. The molecule has 0 saturated carbocycles. The first-order valence-corrected chi connectivity index (χ1v) is 10.7. The van der Waals surface area contributed by atoms with Crippen molar-refractivity contribution in [2.45, 2.75) is 0 Å². The number of nitrogens with two attached hydrogens (primary N) is 2. The lowest BCUT2D eigenvalue weighted by atomic mass is 10.1. The normalized spacial score (nSPS) is 10.4. The van der Waals surface area contributed by atoms with Crippen molar-refractivity contribution in [3.63, 3.8) is 0 Å². The van der Waals surface area contributed by atoms with Crippen LogP contribution in [0.4, 0.5) is 11.6 Å². The Labute approximate surface area is 193 Å². The van der Waals surface area contributed by atoms with E-state index < -0.39 is 8.25 Å². The van der Waals surface area contributed by atoms with Crippen molar-refractivity contribution in [2.24, 2.45) is 0 Å². The molecule has 0 amide bonds. The van der Waals surface area contributed by atoms with Crippen molar-refractivity contribution < 1.29 is 23.2 Å². The van der Waals surface area contributed by atoms with Gasteiger partial charge in [0.25, 0.3) is 0 Å². The number of nitrogens with zero attached hydrogens (tertiary/aromatic N) is 4. The van der Waals surface area contributed by atoms with Gasteiger partial charge in [0, 0.05) is 15.7 Å². The van der Waals surface area contributed by atoms with Gasteiger partial charge in [-0.15, -0.1) is 0 Å². The zero-order chi connectivity index (χ0) is 24.1. The number of rotatable bonds is 8. The first-order chi connectivity index (χ1) is 16.5. The van der Waals surface area contributed by atoms with Gasteiger partial charge in [-0.1, -0.05) is 0 Å². The SMILES string of the molecule is Nc1ncnc(-c2ccc(O[P+](=O)Oc3ccc(-c4ncnc(N)c4C=O)cc3)cc2)c1C=O. The lowest BCUT2D eigenvalue weighted by molar-refractivity contribution is 0.111. The van der Waals surface area contributed by atoms with Crippen LogP contribution in [0.15, 0.2) is 61.2 Å². The highest BCUT2D eigenvalue weighted by atomic mass is 31.1. The first-order valence-electron chi connectivity index (χ1n) is 9.65. The van der Waals surface area contributed by atoms with Gasteiger partial charge < -0.3 is 11.5 Å². The lowest BCUT2D eigenvalue weighted by Gasteiger charge is -2.06.